The van der Waals surface area contributed by atoms with Gasteiger partial charge in [0.1, 0.15) is 0 Å². The molecule has 0 aliphatic rings. The van der Waals surface area contributed by atoms with E-state index in [0.717, 1.165) is 18.7 Å². The van der Waals surface area contributed by atoms with Crippen molar-refractivity contribution in [2.75, 3.05) is 11.9 Å². The van der Waals surface area contributed by atoms with Crippen LogP contribution >= 0.6 is 11.3 Å². The zero-order valence-electron chi connectivity index (χ0n) is 10.8. The summed E-state index contributed by atoms with van der Waals surface area (Å²) in [6.07, 6.45) is 0.966. The van der Waals surface area contributed by atoms with Crippen LogP contribution in [0.25, 0.3) is 0 Å². The maximum Gasteiger partial charge on any atom is 0.0795 e. The second-order valence-corrected chi connectivity index (χ2v) is 5.16. The Morgan fingerprint density at radius 1 is 1.33 bits per heavy atom. The van der Waals surface area contributed by atoms with Crippen molar-refractivity contribution in [2.45, 2.75) is 25.9 Å². The van der Waals surface area contributed by atoms with E-state index in [4.69, 9.17) is 5.73 Å². The van der Waals surface area contributed by atoms with Crippen LogP contribution in [-0.2, 0) is 6.54 Å². The van der Waals surface area contributed by atoms with Crippen molar-refractivity contribution in [2.24, 2.45) is 5.73 Å². The maximum absolute atomic E-state index is 6.01. The molecule has 1 aromatic carbocycles. The average molecular weight is 261 g/mol. The lowest BCUT2D eigenvalue weighted by Crippen LogP contribution is -2.16. The number of benzene rings is 1. The lowest BCUT2D eigenvalue weighted by molar-refractivity contribution is 0.698. The van der Waals surface area contributed by atoms with Gasteiger partial charge in [0.15, 0.2) is 0 Å². The van der Waals surface area contributed by atoms with Gasteiger partial charge in [0.2, 0.25) is 0 Å². The highest BCUT2D eigenvalue weighted by Gasteiger charge is 2.06. The summed E-state index contributed by atoms with van der Waals surface area (Å²) in [4.78, 5) is 6.49. The average Bonchev–Trinajstić information content (AvgIpc) is 2.91. The SMILES string of the molecule is CC[C@@H](N)c1ccc(N(C)Cc2cscn2)cc1. The first-order valence-corrected chi connectivity index (χ1v) is 7.08. The predicted molar refractivity (Wildman–Crippen MR) is 77.9 cm³/mol. The maximum atomic E-state index is 6.01. The van der Waals surface area contributed by atoms with Crippen molar-refractivity contribution < 1.29 is 0 Å². The number of hydrogen-bond acceptors (Lipinski definition) is 4. The number of nitrogens with two attached hydrogens (primary N) is 1. The normalized spacial score (nSPS) is 12.4. The molecule has 0 spiro atoms. The minimum Gasteiger partial charge on any atom is -0.369 e. The van der Waals surface area contributed by atoms with Crippen LogP contribution in [0.3, 0.4) is 0 Å². The molecule has 0 amide bonds. The van der Waals surface area contributed by atoms with E-state index < -0.39 is 0 Å². The Kier molecular flexibility index (Phi) is 4.33. The molecular formula is C14H19N3S. The Morgan fingerprint density at radius 2 is 2.06 bits per heavy atom. The van der Waals surface area contributed by atoms with Gasteiger partial charge in [-0.2, -0.15) is 0 Å². The molecule has 18 heavy (non-hydrogen) atoms. The highest BCUT2D eigenvalue weighted by Crippen LogP contribution is 2.20. The number of aromatic nitrogens is 1. The van der Waals surface area contributed by atoms with Crippen LogP contribution in [0.5, 0.6) is 0 Å². The van der Waals surface area contributed by atoms with E-state index in [-0.39, 0.29) is 6.04 Å². The van der Waals surface area contributed by atoms with Gasteiger partial charge in [0.25, 0.3) is 0 Å². The van der Waals surface area contributed by atoms with E-state index in [1.54, 1.807) is 11.3 Å². The van der Waals surface area contributed by atoms with Crippen molar-refractivity contribution in [1.82, 2.24) is 4.98 Å². The van der Waals surface area contributed by atoms with Crippen molar-refractivity contribution in [1.29, 1.82) is 0 Å². The molecule has 0 fully saturated rings. The molecule has 0 radical (unpaired) electrons. The molecule has 0 saturated carbocycles. The predicted octanol–water partition coefficient (Wildman–Crippen LogP) is 3.19. The summed E-state index contributed by atoms with van der Waals surface area (Å²) in [6.45, 7) is 2.94. The summed E-state index contributed by atoms with van der Waals surface area (Å²) >= 11 is 1.63. The molecule has 0 aliphatic heterocycles. The lowest BCUT2D eigenvalue weighted by Gasteiger charge is -2.19. The Balaban J connectivity index is 2.04. The highest BCUT2D eigenvalue weighted by atomic mass is 32.1. The Labute approximate surface area is 112 Å². The highest BCUT2D eigenvalue weighted by molar-refractivity contribution is 7.07. The quantitative estimate of drug-likeness (QED) is 0.898. The fraction of sp³-hybridized carbons (Fsp3) is 0.357. The summed E-state index contributed by atoms with van der Waals surface area (Å²) < 4.78 is 0. The molecular weight excluding hydrogens is 242 g/mol. The second kappa shape index (κ2) is 5.98. The van der Waals surface area contributed by atoms with Crippen molar-refractivity contribution in [3.63, 3.8) is 0 Å². The number of nitrogens with zero attached hydrogens (tertiary/aromatic N) is 2. The van der Waals surface area contributed by atoms with Crippen LogP contribution in [-0.4, -0.2) is 12.0 Å². The van der Waals surface area contributed by atoms with Gasteiger partial charge in [-0.1, -0.05) is 19.1 Å². The largest absolute Gasteiger partial charge is 0.369 e. The van der Waals surface area contributed by atoms with E-state index >= 15 is 0 Å². The molecule has 2 N–H and O–H groups in total. The third-order valence-corrected chi connectivity index (χ3v) is 3.72. The van der Waals surface area contributed by atoms with Gasteiger partial charge in [0, 0.05) is 24.2 Å². The van der Waals surface area contributed by atoms with Crippen LogP contribution in [0.2, 0.25) is 0 Å². The van der Waals surface area contributed by atoms with E-state index in [2.05, 4.69) is 53.5 Å². The van der Waals surface area contributed by atoms with Crippen LogP contribution in [0.4, 0.5) is 5.69 Å². The lowest BCUT2D eigenvalue weighted by atomic mass is 10.1. The Bertz CT molecular complexity index is 464. The summed E-state index contributed by atoms with van der Waals surface area (Å²) in [5.41, 5.74) is 11.4. The first-order chi connectivity index (χ1) is 8.70. The van der Waals surface area contributed by atoms with Gasteiger partial charge in [0.05, 0.1) is 17.7 Å². The van der Waals surface area contributed by atoms with Crippen molar-refractivity contribution in [3.05, 3.63) is 46.4 Å². The van der Waals surface area contributed by atoms with Gasteiger partial charge in [-0.25, -0.2) is 4.98 Å². The number of rotatable bonds is 5. The van der Waals surface area contributed by atoms with Crippen LogP contribution in [0.1, 0.15) is 30.6 Å². The Hall–Kier alpha value is -1.39. The Morgan fingerprint density at radius 3 is 2.61 bits per heavy atom. The number of anilines is 1. The van der Waals surface area contributed by atoms with Crippen LogP contribution in [0, 0.1) is 0 Å². The molecule has 3 nitrogen and oxygen atoms in total. The zero-order chi connectivity index (χ0) is 13.0. The summed E-state index contributed by atoms with van der Waals surface area (Å²) in [6, 6.07) is 8.61. The summed E-state index contributed by atoms with van der Waals surface area (Å²) in [5.74, 6) is 0. The summed E-state index contributed by atoms with van der Waals surface area (Å²) in [5, 5.41) is 2.08. The third kappa shape index (κ3) is 3.09. The molecule has 1 aromatic heterocycles. The zero-order valence-corrected chi connectivity index (χ0v) is 11.7. The number of hydrogen-bond donors (Lipinski definition) is 1. The van der Waals surface area contributed by atoms with Gasteiger partial charge >= 0.3 is 0 Å². The van der Waals surface area contributed by atoms with Crippen molar-refractivity contribution >= 4 is 17.0 Å². The first kappa shape index (κ1) is 13.1. The molecule has 96 valence electrons. The molecule has 0 aliphatic carbocycles. The first-order valence-electron chi connectivity index (χ1n) is 6.14. The fourth-order valence-electron chi connectivity index (χ4n) is 1.86. The molecule has 2 rings (SSSR count). The van der Waals surface area contributed by atoms with Gasteiger partial charge < -0.3 is 10.6 Å². The second-order valence-electron chi connectivity index (χ2n) is 4.44. The van der Waals surface area contributed by atoms with Gasteiger partial charge in [-0.3, -0.25) is 0 Å². The van der Waals surface area contributed by atoms with Crippen LogP contribution < -0.4 is 10.6 Å². The number of thiazole rings is 1. The van der Waals surface area contributed by atoms with E-state index in [9.17, 15) is 0 Å². The molecule has 0 saturated heterocycles. The topological polar surface area (TPSA) is 42.1 Å². The van der Waals surface area contributed by atoms with Gasteiger partial charge in [-0.05, 0) is 24.1 Å². The molecule has 2 aromatic rings. The van der Waals surface area contributed by atoms with Crippen LogP contribution in [0.15, 0.2) is 35.2 Å². The fourth-order valence-corrected chi connectivity index (χ4v) is 2.41. The molecule has 0 unspecified atom stereocenters. The minimum atomic E-state index is 0.142. The molecule has 4 heteroatoms. The minimum absolute atomic E-state index is 0.142. The van der Waals surface area contributed by atoms with Gasteiger partial charge in [-0.15, -0.1) is 11.3 Å². The summed E-state index contributed by atoms with van der Waals surface area (Å²) in [7, 11) is 2.08. The third-order valence-electron chi connectivity index (χ3n) is 3.08. The molecule has 1 heterocycles. The standard InChI is InChI=1S/C14H19N3S/c1-3-14(15)11-4-6-13(7-5-11)17(2)8-12-9-18-10-16-12/h4-7,9-10,14H,3,8,15H2,1-2H3/t14-/m1/s1. The van der Waals surface area contributed by atoms with E-state index in [1.807, 2.05) is 5.51 Å². The molecule has 1 atom stereocenters. The van der Waals surface area contributed by atoms with E-state index in [0.29, 0.717) is 0 Å². The smallest absolute Gasteiger partial charge is 0.0795 e. The van der Waals surface area contributed by atoms with Crippen molar-refractivity contribution in [3.8, 4) is 0 Å². The monoisotopic (exact) mass is 261 g/mol. The van der Waals surface area contributed by atoms with E-state index in [1.165, 1.54) is 11.3 Å². The molecule has 0 bridgehead atoms.